The highest BCUT2D eigenvalue weighted by molar-refractivity contribution is 5.97. The van der Waals surface area contributed by atoms with Gasteiger partial charge in [0.2, 0.25) is 0 Å². The van der Waals surface area contributed by atoms with Crippen molar-refractivity contribution in [2.45, 2.75) is 13.1 Å². The standard InChI is InChI=1S/C7H5F3O2/c1-4-2-3-5(12-4)6(11)7(8,9)10/h2-3H,1H3. The van der Waals surface area contributed by atoms with E-state index in [0.717, 1.165) is 6.07 Å². The van der Waals surface area contributed by atoms with Crippen LogP contribution in [-0.4, -0.2) is 12.0 Å². The van der Waals surface area contributed by atoms with Crippen molar-refractivity contribution in [2.75, 3.05) is 0 Å². The highest BCUT2D eigenvalue weighted by Crippen LogP contribution is 2.22. The molecule has 1 aromatic rings. The number of aryl methyl sites for hydroxylation is 1. The third-order valence-electron chi connectivity index (χ3n) is 1.22. The summed E-state index contributed by atoms with van der Waals surface area (Å²) in [6.07, 6.45) is -4.86. The Morgan fingerprint density at radius 1 is 1.42 bits per heavy atom. The number of Topliss-reactive ketones (excluding diaryl/α,β-unsaturated/α-hetero) is 1. The van der Waals surface area contributed by atoms with Crippen LogP contribution >= 0.6 is 0 Å². The van der Waals surface area contributed by atoms with Crippen molar-refractivity contribution in [1.29, 1.82) is 0 Å². The predicted octanol–water partition coefficient (Wildman–Crippen LogP) is 2.33. The SMILES string of the molecule is Cc1ccc(C(=O)C(F)(F)F)o1. The molecule has 12 heavy (non-hydrogen) atoms. The second-order valence-electron chi connectivity index (χ2n) is 2.24. The van der Waals surface area contributed by atoms with Crippen molar-refractivity contribution in [2.24, 2.45) is 0 Å². The summed E-state index contributed by atoms with van der Waals surface area (Å²) in [5.74, 6) is -2.33. The summed E-state index contributed by atoms with van der Waals surface area (Å²) in [5.41, 5.74) is 0. The number of alkyl halides is 3. The molecule has 1 aromatic heterocycles. The molecule has 66 valence electrons. The van der Waals surface area contributed by atoms with Crippen molar-refractivity contribution in [3.05, 3.63) is 23.7 Å². The molecular formula is C7H5F3O2. The highest BCUT2D eigenvalue weighted by Gasteiger charge is 2.41. The lowest BCUT2D eigenvalue weighted by molar-refractivity contribution is -0.0899. The summed E-state index contributed by atoms with van der Waals surface area (Å²) in [5, 5.41) is 0. The molecular weight excluding hydrogens is 173 g/mol. The van der Waals surface area contributed by atoms with E-state index < -0.39 is 17.7 Å². The Morgan fingerprint density at radius 2 is 2.00 bits per heavy atom. The molecule has 0 unspecified atom stereocenters. The van der Waals surface area contributed by atoms with Gasteiger partial charge in [0.05, 0.1) is 0 Å². The van der Waals surface area contributed by atoms with E-state index in [1.165, 1.54) is 13.0 Å². The summed E-state index contributed by atoms with van der Waals surface area (Å²) in [6.45, 7) is 1.47. The number of ketones is 1. The highest BCUT2D eigenvalue weighted by atomic mass is 19.4. The van der Waals surface area contributed by atoms with Crippen molar-refractivity contribution in [3.63, 3.8) is 0 Å². The summed E-state index contributed by atoms with van der Waals surface area (Å²) in [7, 11) is 0. The molecule has 0 aliphatic heterocycles. The fourth-order valence-electron chi connectivity index (χ4n) is 0.696. The van der Waals surface area contributed by atoms with Crippen molar-refractivity contribution in [3.8, 4) is 0 Å². The van der Waals surface area contributed by atoms with Gasteiger partial charge in [0.25, 0.3) is 0 Å². The van der Waals surface area contributed by atoms with Crippen molar-refractivity contribution in [1.82, 2.24) is 0 Å². The van der Waals surface area contributed by atoms with Crippen LogP contribution in [0.2, 0.25) is 0 Å². The maximum Gasteiger partial charge on any atom is 0.458 e. The quantitative estimate of drug-likeness (QED) is 0.617. The minimum atomic E-state index is -4.86. The maximum atomic E-state index is 11.7. The van der Waals surface area contributed by atoms with E-state index in [1.807, 2.05) is 0 Å². The van der Waals surface area contributed by atoms with Gasteiger partial charge in [-0.15, -0.1) is 0 Å². The Labute approximate surface area is 66.0 Å². The average molecular weight is 178 g/mol. The first kappa shape index (κ1) is 8.83. The number of hydrogen-bond acceptors (Lipinski definition) is 2. The lowest BCUT2D eigenvalue weighted by atomic mass is 10.3. The largest absolute Gasteiger partial charge is 0.458 e. The van der Waals surface area contributed by atoms with E-state index in [2.05, 4.69) is 4.42 Å². The summed E-state index contributed by atoms with van der Waals surface area (Å²) >= 11 is 0. The molecule has 0 spiro atoms. The van der Waals surface area contributed by atoms with Crippen LogP contribution in [0.4, 0.5) is 13.2 Å². The molecule has 2 nitrogen and oxygen atoms in total. The normalized spacial score (nSPS) is 11.7. The molecule has 1 heterocycles. The molecule has 0 amide bonds. The van der Waals surface area contributed by atoms with Gasteiger partial charge in [-0.25, -0.2) is 0 Å². The van der Waals surface area contributed by atoms with Gasteiger partial charge in [-0.1, -0.05) is 0 Å². The molecule has 5 heteroatoms. The van der Waals surface area contributed by atoms with Crippen LogP contribution in [0, 0.1) is 6.92 Å². The second-order valence-corrected chi connectivity index (χ2v) is 2.24. The zero-order valence-electron chi connectivity index (χ0n) is 6.11. The molecule has 0 aromatic carbocycles. The van der Waals surface area contributed by atoms with Crippen LogP contribution < -0.4 is 0 Å². The lowest BCUT2D eigenvalue weighted by Crippen LogP contribution is -2.21. The smallest absolute Gasteiger partial charge is 0.458 e. The maximum absolute atomic E-state index is 11.7. The number of halogens is 3. The van der Waals surface area contributed by atoms with Crippen LogP contribution in [0.5, 0.6) is 0 Å². The number of carbonyl (C=O) groups excluding carboxylic acids is 1. The molecule has 0 saturated heterocycles. The molecule has 0 N–H and O–H groups in total. The van der Waals surface area contributed by atoms with Gasteiger partial charge in [0.15, 0.2) is 5.76 Å². The first-order chi connectivity index (χ1) is 5.41. The van der Waals surface area contributed by atoms with Crippen LogP contribution in [0.15, 0.2) is 16.5 Å². The van der Waals surface area contributed by atoms with Crippen LogP contribution in [0.3, 0.4) is 0 Å². The minimum Gasteiger partial charge on any atom is -0.458 e. The Balaban J connectivity index is 2.93. The van der Waals surface area contributed by atoms with E-state index in [4.69, 9.17) is 0 Å². The molecule has 0 fully saturated rings. The number of carbonyl (C=O) groups is 1. The van der Waals surface area contributed by atoms with E-state index in [9.17, 15) is 18.0 Å². The first-order valence-corrected chi connectivity index (χ1v) is 3.09. The molecule has 0 bridgehead atoms. The molecule has 0 radical (unpaired) electrons. The predicted molar refractivity (Wildman–Crippen MR) is 33.8 cm³/mol. The van der Waals surface area contributed by atoms with E-state index >= 15 is 0 Å². The van der Waals surface area contributed by atoms with E-state index in [0.29, 0.717) is 0 Å². The average Bonchev–Trinajstić information content (AvgIpc) is 2.32. The Kier molecular flexibility index (Phi) is 1.95. The van der Waals surface area contributed by atoms with E-state index in [1.54, 1.807) is 0 Å². The first-order valence-electron chi connectivity index (χ1n) is 3.09. The number of hydrogen-bond donors (Lipinski definition) is 0. The fraction of sp³-hybridized carbons (Fsp3) is 0.286. The zero-order valence-corrected chi connectivity index (χ0v) is 6.11. The Bertz CT molecular complexity index is 298. The number of furan rings is 1. The van der Waals surface area contributed by atoms with Crippen LogP contribution in [0.25, 0.3) is 0 Å². The third-order valence-corrected chi connectivity index (χ3v) is 1.22. The number of rotatable bonds is 1. The monoisotopic (exact) mass is 178 g/mol. The molecule has 0 atom stereocenters. The van der Waals surface area contributed by atoms with Gasteiger partial charge in [-0.3, -0.25) is 4.79 Å². The zero-order chi connectivity index (χ0) is 9.35. The van der Waals surface area contributed by atoms with Gasteiger partial charge in [-0.05, 0) is 19.1 Å². The van der Waals surface area contributed by atoms with Crippen molar-refractivity contribution < 1.29 is 22.4 Å². The fourth-order valence-corrected chi connectivity index (χ4v) is 0.696. The third kappa shape index (κ3) is 1.66. The van der Waals surface area contributed by atoms with Crippen LogP contribution in [0.1, 0.15) is 16.3 Å². The van der Waals surface area contributed by atoms with Gasteiger partial charge < -0.3 is 4.42 Å². The lowest BCUT2D eigenvalue weighted by Gasteiger charge is -2.00. The van der Waals surface area contributed by atoms with Gasteiger partial charge >= 0.3 is 12.0 Å². The molecule has 0 saturated carbocycles. The second kappa shape index (κ2) is 2.66. The Morgan fingerprint density at radius 3 is 2.33 bits per heavy atom. The topological polar surface area (TPSA) is 30.2 Å². The van der Waals surface area contributed by atoms with E-state index in [-0.39, 0.29) is 5.76 Å². The molecule has 0 aliphatic rings. The summed E-state index contributed by atoms with van der Waals surface area (Å²) < 4.78 is 39.7. The van der Waals surface area contributed by atoms with Crippen molar-refractivity contribution >= 4 is 5.78 Å². The molecule has 1 rings (SSSR count). The summed E-state index contributed by atoms with van der Waals surface area (Å²) in [6, 6.07) is 2.31. The van der Waals surface area contributed by atoms with Gasteiger partial charge in [-0.2, -0.15) is 13.2 Å². The van der Waals surface area contributed by atoms with Crippen LogP contribution in [-0.2, 0) is 0 Å². The molecule has 0 aliphatic carbocycles. The summed E-state index contributed by atoms with van der Waals surface area (Å²) in [4.78, 5) is 10.5. The van der Waals surface area contributed by atoms with Gasteiger partial charge in [0.1, 0.15) is 5.76 Å². The Hall–Kier alpha value is -1.26. The van der Waals surface area contributed by atoms with Gasteiger partial charge in [0, 0.05) is 0 Å². The minimum absolute atomic E-state index is 0.280.